The van der Waals surface area contributed by atoms with Gasteiger partial charge in [-0.05, 0) is 42.2 Å². The van der Waals surface area contributed by atoms with E-state index in [1.165, 1.54) is 18.2 Å². The van der Waals surface area contributed by atoms with Gasteiger partial charge in [-0.25, -0.2) is 13.1 Å². The van der Waals surface area contributed by atoms with Gasteiger partial charge in [0.05, 0.1) is 0 Å². The van der Waals surface area contributed by atoms with E-state index in [0.29, 0.717) is 12.0 Å². The van der Waals surface area contributed by atoms with Gasteiger partial charge in [0.15, 0.2) is 16.4 Å². The van der Waals surface area contributed by atoms with Gasteiger partial charge < -0.3 is 10.2 Å². The summed E-state index contributed by atoms with van der Waals surface area (Å²) in [5.41, 5.74) is 1.40. The van der Waals surface area contributed by atoms with Gasteiger partial charge in [0, 0.05) is 6.54 Å². The number of hydrogen-bond donors (Lipinski definition) is 3. The summed E-state index contributed by atoms with van der Waals surface area (Å²) in [6.45, 7) is 0.205. The van der Waals surface area contributed by atoms with E-state index in [0.717, 1.165) is 18.1 Å². The Labute approximate surface area is 146 Å². The molecule has 0 heterocycles. The van der Waals surface area contributed by atoms with E-state index in [-0.39, 0.29) is 18.0 Å². The van der Waals surface area contributed by atoms with E-state index in [1.54, 1.807) is 6.07 Å². The number of nitriles is 1. The molecule has 0 amide bonds. The number of aromatic hydroxyl groups is 2. The zero-order chi connectivity index (χ0) is 18.3. The van der Waals surface area contributed by atoms with Crippen molar-refractivity contribution in [1.82, 2.24) is 4.72 Å². The lowest BCUT2D eigenvalue weighted by Crippen LogP contribution is -2.26. The first-order valence-corrected chi connectivity index (χ1v) is 9.08. The second-order valence-corrected chi connectivity index (χ2v) is 7.09. The summed E-state index contributed by atoms with van der Waals surface area (Å²) < 4.78 is 26.8. The number of benzene rings is 2. The molecule has 0 unspecified atom stereocenters. The van der Waals surface area contributed by atoms with Crippen LogP contribution in [-0.2, 0) is 16.4 Å². The van der Waals surface area contributed by atoms with Gasteiger partial charge in [-0.1, -0.05) is 36.4 Å². The fourth-order valence-electron chi connectivity index (χ4n) is 2.17. The number of sulfonamides is 1. The van der Waals surface area contributed by atoms with Gasteiger partial charge in [-0.3, -0.25) is 0 Å². The second-order valence-electron chi connectivity index (χ2n) is 5.36. The molecule has 0 saturated heterocycles. The highest BCUT2D eigenvalue weighted by Crippen LogP contribution is 2.26. The van der Waals surface area contributed by atoms with Crippen LogP contribution in [0, 0.1) is 11.3 Å². The number of hydrogen-bond acceptors (Lipinski definition) is 5. The van der Waals surface area contributed by atoms with Crippen LogP contribution in [-0.4, -0.2) is 25.2 Å². The van der Waals surface area contributed by atoms with Crippen molar-refractivity contribution in [2.24, 2.45) is 0 Å². The van der Waals surface area contributed by atoms with Crippen molar-refractivity contribution in [3.8, 4) is 17.6 Å². The molecule has 2 aromatic rings. The Balaban J connectivity index is 2.01. The van der Waals surface area contributed by atoms with Gasteiger partial charge in [-0.15, -0.1) is 0 Å². The number of rotatable bonds is 7. The molecule has 0 atom stereocenters. The third-order valence-corrected chi connectivity index (χ3v) is 4.85. The minimum Gasteiger partial charge on any atom is -0.504 e. The molecule has 0 spiro atoms. The van der Waals surface area contributed by atoms with E-state index < -0.39 is 14.9 Å². The van der Waals surface area contributed by atoms with Crippen molar-refractivity contribution in [2.45, 2.75) is 12.8 Å². The van der Waals surface area contributed by atoms with Crippen LogP contribution in [0.2, 0.25) is 0 Å². The number of nitrogens with zero attached hydrogens (tertiary/aromatic N) is 1. The van der Waals surface area contributed by atoms with Crippen LogP contribution < -0.4 is 4.72 Å². The monoisotopic (exact) mass is 358 g/mol. The molecule has 0 radical (unpaired) electrons. The summed E-state index contributed by atoms with van der Waals surface area (Å²) in [7, 11) is -3.94. The van der Waals surface area contributed by atoms with Gasteiger partial charge in [-0.2, -0.15) is 5.26 Å². The summed E-state index contributed by atoms with van der Waals surface area (Å²) in [5.74, 6) is -0.711. The fourth-order valence-corrected chi connectivity index (χ4v) is 3.15. The molecular formula is C18H18N2O4S. The van der Waals surface area contributed by atoms with Gasteiger partial charge in [0.25, 0.3) is 10.0 Å². The van der Waals surface area contributed by atoms with Crippen molar-refractivity contribution in [2.75, 3.05) is 6.54 Å². The number of phenolic OH excluding ortho intramolecular Hbond substituents is 2. The highest BCUT2D eigenvalue weighted by atomic mass is 32.2. The Bertz CT molecular complexity index is 900. The van der Waals surface area contributed by atoms with E-state index in [1.807, 2.05) is 30.3 Å². The van der Waals surface area contributed by atoms with Crippen LogP contribution in [0.3, 0.4) is 0 Å². The molecule has 0 bridgehead atoms. The average molecular weight is 358 g/mol. The molecule has 0 aliphatic heterocycles. The normalized spacial score (nSPS) is 11.9. The molecule has 130 valence electrons. The molecule has 3 N–H and O–H groups in total. The van der Waals surface area contributed by atoms with Crippen LogP contribution >= 0.6 is 0 Å². The molecule has 0 aromatic heterocycles. The lowest BCUT2D eigenvalue weighted by atomic mass is 10.1. The van der Waals surface area contributed by atoms with Crippen molar-refractivity contribution in [3.63, 3.8) is 0 Å². The molecular weight excluding hydrogens is 340 g/mol. The van der Waals surface area contributed by atoms with Crippen LogP contribution in [0.15, 0.2) is 53.4 Å². The second kappa shape index (κ2) is 8.33. The number of nitrogens with one attached hydrogen (secondary N) is 1. The first-order chi connectivity index (χ1) is 11.9. The molecule has 2 aromatic carbocycles. The standard InChI is InChI=1S/C18H18N2O4S/c19-13-16(11-15-8-9-17(21)18(22)12-15)25(23,24)20-10-4-7-14-5-2-1-3-6-14/h1-3,5-6,8-9,11-12,20-22H,4,7,10H2. The summed E-state index contributed by atoms with van der Waals surface area (Å²) in [4.78, 5) is -0.461. The van der Waals surface area contributed by atoms with Crippen molar-refractivity contribution in [3.05, 3.63) is 64.6 Å². The molecule has 7 heteroatoms. The van der Waals surface area contributed by atoms with E-state index >= 15 is 0 Å². The molecule has 25 heavy (non-hydrogen) atoms. The predicted octanol–water partition coefficient (Wildman–Crippen LogP) is 2.51. The molecule has 0 fully saturated rings. The third-order valence-electron chi connectivity index (χ3n) is 3.47. The van der Waals surface area contributed by atoms with Gasteiger partial charge in [0.1, 0.15) is 6.07 Å². The Kier molecular flexibility index (Phi) is 6.17. The third kappa shape index (κ3) is 5.35. The Morgan fingerprint density at radius 1 is 1.12 bits per heavy atom. The summed E-state index contributed by atoms with van der Waals surface area (Å²) >= 11 is 0. The van der Waals surface area contributed by atoms with E-state index in [9.17, 15) is 18.6 Å². The maximum atomic E-state index is 12.2. The minimum atomic E-state index is -3.94. The van der Waals surface area contributed by atoms with Gasteiger partial charge >= 0.3 is 0 Å². The maximum Gasteiger partial charge on any atom is 0.250 e. The van der Waals surface area contributed by atoms with E-state index in [4.69, 9.17) is 5.26 Å². The number of phenols is 2. The Hall–Kier alpha value is -2.82. The first-order valence-electron chi connectivity index (χ1n) is 7.60. The minimum absolute atomic E-state index is 0.205. The van der Waals surface area contributed by atoms with Crippen molar-refractivity contribution < 1.29 is 18.6 Å². The van der Waals surface area contributed by atoms with Crippen LogP contribution in [0.25, 0.3) is 6.08 Å². The first kappa shape index (κ1) is 18.5. The van der Waals surface area contributed by atoms with E-state index in [2.05, 4.69) is 4.72 Å². The molecule has 0 aliphatic rings. The zero-order valence-corrected chi connectivity index (χ0v) is 14.2. The van der Waals surface area contributed by atoms with Crippen LogP contribution in [0.4, 0.5) is 0 Å². The predicted molar refractivity (Wildman–Crippen MR) is 95.0 cm³/mol. The van der Waals surface area contributed by atoms with Crippen LogP contribution in [0.5, 0.6) is 11.5 Å². The molecule has 6 nitrogen and oxygen atoms in total. The molecule has 2 rings (SSSR count). The largest absolute Gasteiger partial charge is 0.504 e. The smallest absolute Gasteiger partial charge is 0.250 e. The van der Waals surface area contributed by atoms with Gasteiger partial charge in [0.2, 0.25) is 0 Å². The summed E-state index contributed by atoms with van der Waals surface area (Å²) in [6, 6.07) is 15.1. The molecule has 0 saturated carbocycles. The number of aryl methyl sites for hydroxylation is 1. The summed E-state index contributed by atoms with van der Waals surface area (Å²) in [6.07, 6.45) is 2.46. The lowest BCUT2D eigenvalue weighted by Gasteiger charge is -2.06. The number of allylic oxidation sites excluding steroid dienone is 1. The van der Waals surface area contributed by atoms with Crippen LogP contribution in [0.1, 0.15) is 17.5 Å². The Morgan fingerprint density at radius 2 is 1.84 bits per heavy atom. The van der Waals surface area contributed by atoms with Crippen molar-refractivity contribution >= 4 is 16.1 Å². The fraction of sp³-hybridized carbons (Fsp3) is 0.167. The SMILES string of the molecule is N#CC(=Cc1ccc(O)c(O)c1)S(=O)(=O)NCCCc1ccccc1. The average Bonchev–Trinajstić information content (AvgIpc) is 2.60. The zero-order valence-electron chi connectivity index (χ0n) is 13.4. The Morgan fingerprint density at radius 3 is 2.48 bits per heavy atom. The highest BCUT2D eigenvalue weighted by molar-refractivity contribution is 7.93. The van der Waals surface area contributed by atoms with Crippen molar-refractivity contribution in [1.29, 1.82) is 5.26 Å². The topological polar surface area (TPSA) is 110 Å². The highest BCUT2D eigenvalue weighted by Gasteiger charge is 2.17. The lowest BCUT2D eigenvalue weighted by molar-refractivity contribution is 0.403. The summed E-state index contributed by atoms with van der Waals surface area (Å²) in [5, 5.41) is 27.8. The quantitative estimate of drug-likeness (QED) is 0.400. The maximum absolute atomic E-state index is 12.2. The molecule has 0 aliphatic carbocycles.